The van der Waals surface area contributed by atoms with Gasteiger partial charge in [0.25, 0.3) is 5.56 Å². The van der Waals surface area contributed by atoms with Gasteiger partial charge < -0.3 is 4.74 Å². The average molecular weight is 480 g/mol. The highest BCUT2D eigenvalue weighted by Crippen LogP contribution is 2.33. The van der Waals surface area contributed by atoms with Crippen LogP contribution in [0.3, 0.4) is 0 Å². The van der Waals surface area contributed by atoms with E-state index in [1.165, 1.54) is 6.07 Å². The number of hydrogen-bond donors (Lipinski definition) is 0. The van der Waals surface area contributed by atoms with Gasteiger partial charge in [0.2, 0.25) is 5.75 Å². The molecule has 0 aliphatic rings. The number of halogens is 2. The first-order valence-corrected chi connectivity index (χ1v) is 9.24. The molecule has 0 N–H and O–H groups in total. The molecule has 0 amide bonds. The molecule has 3 rings (SSSR count). The molecule has 29 heavy (non-hydrogen) atoms. The van der Waals surface area contributed by atoms with Gasteiger partial charge in [0, 0.05) is 28.0 Å². The maximum atomic E-state index is 12.8. The highest BCUT2D eigenvalue weighted by molar-refractivity contribution is 9.10. The van der Waals surface area contributed by atoms with Crippen molar-refractivity contribution in [1.29, 1.82) is 0 Å². The zero-order chi connectivity index (χ0) is 21.3. The summed E-state index contributed by atoms with van der Waals surface area (Å²) in [6, 6.07) is 7.47. The predicted octanol–water partition coefficient (Wildman–Crippen LogP) is 3.84. The lowest BCUT2D eigenvalue weighted by Crippen LogP contribution is -2.20. The summed E-state index contributed by atoms with van der Waals surface area (Å²) in [6.07, 6.45) is 1.15. The zero-order valence-corrected chi connectivity index (χ0v) is 17.4. The molecule has 1 heterocycles. The van der Waals surface area contributed by atoms with E-state index in [1.807, 2.05) is 0 Å². The van der Waals surface area contributed by atoms with Crippen molar-refractivity contribution in [2.45, 2.75) is 13.8 Å². The Labute approximate surface area is 176 Å². The molecule has 0 unspecified atom stereocenters. The standard InChI is InChI=1S/C18H12BrClN4O5/c1-9-22-15-4-3-12(19)6-14(15)18(26)23(9)21-8-11-5-13(20)7-16(24(27)28)17(11)29-10(2)25/h3-8H,1-2H3. The summed E-state index contributed by atoms with van der Waals surface area (Å²) in [5.41, 5.74) is -0.379. The van der Waals surface area contributed by atoms with E-state index in [0.717, 1.165) is 23.9 Å². The van der Waals surface area contributed by atoms with Gasteiger partial charge in [-0.3, -0.25) is 19.7 Å². The quantitative estimate of drug-likeness (QED) is 0.184. The first-order chi connectivity index (χ1) is 13.7. The van der Waals surface area contributed by atoms with Crippen LogP contribution < -0.4 is 10.3 Å². The third-order valence-corrected chi connectivity index (χ3v) is 4.50. The number of ether oxygens (including phenoxy) is 1. The molecular weight excluding hydrogens is 468 g/mol. The number of fused-ring (bicyclic) bond motifs is 1. The van der Waals surface area contributed by atoms with Crippen LogP contribution in [-0.4, -0.2) is 26.8 Å². The first kappa shape index (κ1) is 20.6. The Balaban J connectivity index is 2.19. The van der Waals surface area contributed by atoms with Crippen LogP contribution in [0.5, 0.6) is 5.75 Å². The molecule has 0 radical (unpaired) electrons. The second kappa shape index (κ2) is 8.10. The van der Waals surface area contributed by atoms with E-state index >= 15 is 0 Å². The molecule has 3 aromatic rings. The van der Waals surface area contributed by atoms with Gasteiger partial charge in [0.05, 0.1) is 22.0 Å². The summed E-state index contributed by atoms with van der Waals surface area (Å²) >= 11 is 9.26. The highest BCUT2D eigenvalue weighted by Gasteiger charge is 2.22. The summed E-state index contributed by atoms with van der Waals surface area (Å²) in [5, 5.41) is 15.8. The largest absolute Gasteiger partial charge is 0.419 e. The molecule has 0 saturated heterocycles. The Bertz CT molecular complexity index is 1260. The lowest BCUT2D eigenvalue weighted by Gasteiger charge is -2.08. The molecule has 11 heteroatoms. The molecule has 0 atom stereocenters. The van der Waals surface area contributed by atoms with E-state index in [2.05, 4.69) is 26.0 Å². The number of aromatic nitrogens is 2. The van der Waals surface area contributed by atoms with E-state index in [4.69, 9.17) is 16.3 Å². The molecule has 0 aliphatic heterocycles. The highest BCUT2D eigenvalue weighted by atomic mass is 79.9. The Morgan fingerprint density at radius 2 is 2.10 bits per heavy atom. The molecule has 1 aromatic heterocycles. The molecule has 9 nitrogen and oxygen atoms in total. The van der Waals surface area contributed by atoms with E-state index in [1.54, 1.807) is 25.1 Å². The molecule has 2 aromatic carbocycles. The van der Waals surface area contributed by atoms with Crippen LogP contribution in [0.15, 0.2) is 44.7 Å². The van der Waals surface area contributed by atoms with Crippen LogP contribution in [0.2, 0.25) is 5.02 Å². The lowest BCUT2D eigenvalue weighted by atomic mass is 10.2. The summed E-state index contributed by atoms with van der Waals surface area (Å²) < 4.78 is 6.73. The molecule has 0 fully saturated rings. The number of hydrogen-bond acceptors (Lipinski definition) is 7. The van der Waals surface area contributed by atoms with Crippen molar-refractivity contribution >= 4 is 56.3 Å². The number of esters is 1. The van der Waals surface area contributed by atoms with Crippen LogP contribution >= 0.6 is 27.5 Å². The number of benzene rings is 2. The summed E-state index contributed by atoms with van der Waals surface area (Å²) in [7, 11) is 0. The third-order valence-electron chi connectivity index (χ3n) is 3.79. The number of aryl methyl sites for hydroxylation is 1. The van der Waals surface area contributed by atoms with Gasteiger partial charge in [-0.15, -0.1) is 0 Å². The van der Waals surface area contributed by atoms with Crippen molar-refractivity contribution in [1.82, 2.24) is 9.66 Å². The van der Waals surface area contributed by atoms with Crippen LogP contribution in [0.1, 0.15) is 18.3 Å². The van der Waals surface area contributed by atoms with Gasteiger partial charge in [-0.2, -0.15) is 9.78 Å². The fourth-order valence-electron chi connectivity index (χ4n) is 2.60. The Hall–Kier alpha value is -3.11. The van der Waals surface area contributed by atoms with Gasteiger partial charge in [0.1, 0.15) is 5.82 Å². The van der Waals surface area contributed by atoms with Crippen molar-refractivity contribution in [3.63, 3.8) is 0 Å². The lowest BCUT2D eigenvalue weighted by molar-refractivity contribution is -0.385. The number of carbonyl (C=O) groups excluding carboxylic acids is 1. The number of nitro benzene ring substituents is 1. The minimum Gasteiger partial charge on any atom is -0.419 e. The minimum absolute atomic E-state index is 0.0405. The SMILES string of the molecule is CC(=O)Oc1c(C=Nn2c(C)nc3ccc(Br)cc3c2=O)cc(Cl)cc1[N+](=O)[O-]. The topological polar surface area (TPSA) is 117 Å². The van der Waals surface area contributed by atoms with Gasteiger partial charge in [0.15, 0.2) is 0 Å². The summed E-state index contributed by atoms with van der Waals surface area (Å²) in [6.45, 7) is 2.70. The molecular formula is C18H12BrClN4O5. The zero-order valence-electron chi connectivity index (χ0n) is 15.1. The maximum absolute atomic E-state index is 12.8. The fraction of sp³-hybridized carbons (Fsp3) is 0.111. The number of rotatable bonds is 4. The van der Waals surface area contributed by atoms with Gasteiger partial charge in [-0.05, 0) is 31.2 Å². The van der Waals surface area contributed by atoms with Gasteiger partial charge in [-0.1, -0.05) is 27.5 Å². The van der Waals surface area contributed by atoms with Crippen molar-refractivity contribution in [2.75, 3.05) is 0 Å². The number of carbonyl (C=O) groups is 1. The fourth-order valence-corrected chi connectivity index (χ4v) is 3.18. The van der Waals surface area contributed by atoms with E-state index in [9.17, 15) is 19.7 Å². The van der Waals surface area contributed by atoms with Gasteiger partial charge >= 0.3 is 11.7 Å². The van der Waals surface area contributed by atoms with Crippen molar-refractivity contribution < 1.29 is 14.5 Å². The second-order valence-electron chi connectivity index (χ2n) is 5.88. The van der Waals surface area contributed by atoms with Crippen molar-refractivity contribution in [2.24, 2.45) is 5.10 Å². The van der Waals surface area contributed by atoms with Gasteiger partial charge in [-0.25, -0.2) is 4.98 Å². The Morgan fingerprint density at radius 1 is 1.38 bits per heavy atom. The van der Waals surface area contributed by atoms with Crippen LogP contribution in [-0.2, 0) is 4.79 Å². The molecule has 0 bridgehead atoms. The summed E-state index contributed by atoms with van der Waals surface area (Å²) in [4.78, 5) is 39.1. The van der Waals surface area contributed by atoms with Crippen molar-refractivity contribution in [3.8, 4) is 5.75 Å². The van der Waals surface area contributed by atoms with E-state index in [-0.39, 0.29) is 16.3 Å². The average Bonchev–Trinajstić information content (AvgIpc) is 2.63. The monoisotopic (exact) mass is 478 g/mol. The summed E-state index contributed by atoms with van der Waals surface area (Å²) in [5.74, 6) is -0.778. The predicted molar refractivity (Wildman–Crippen MR) is 111 cm³/mol. The third kappa shape index (κ3) is 4.33. The first-order valence-electron chi connectivity index (χ1n) is 8.07. The number of nitro groups is 1. The van der Waals surface area contributed by atoms with Crippen LogP contribution in [0.4, 0.5) is 5.69 Å². The van der Waals surface area contributed by atoms with Crippen molar-refractivity contribution in [3.05, 3.63) is 71.7 Å². The van der Waals surface area contributed by atoms with E-state index in [0.29, 0.717) is 21.2 Å². The van der Waals surface area contributed by atoms with Crippen LogP contribution in [0, 0.1) is 17.0 Å². The Morgan fingerprint density at radius 3 is 2.76 bits per heavy atom. The maximum Gasteiger partial charge on any atom is 0.313 e. The molecule has 148 valence electrons. The second-order valence-corrected chi connectivity index (χ2v) is 7.23. The minimum atomic E-state index is -0.754. The Kier molecular flexibility index (Phi) is 5.76. The van der Waals surface area contributed by atoms with Crippen LogP contribution in [0.25, 0.3) is 10.9 Å². The smallest absolute Gasteiger partial charge is 0.313 e. The normalized spacial score (nSPS) is 11.2. The molecule has 0 aliphatic carbocycles. The molecule has 0 spiro atoms. The molecule has 0 saturated carbocycles. The number of nitrogens with zero attached hydrogens (tertiary/aromatic N) is 4. The van der Waals surface area contributed by atoms with E-state index < -0.39 is 22.1 Å².